The Kier molecular flexibility index (Phi) is 5.74. The number of benzene rings is 1. The van der Waals surface area contributed by atoms with Crippen LogP contribution < -0.4 is 5.32 Å². The number of carbonyl (C=O) groups is 1. The zero-order valence-electron chi connectivity index (χ0n) is 15.1. The van der Waals surface area contributed by atoms with Crippen LogP contribution in [0.1, 0.15) is 64.5 Å². The first-order chi connectivity index (χ1) is 11.1. The quantitative estimate of drug-likeness (QED) is 0.885. The van der Waals surface area contributed by atoms with Gasteiger partial charge in [-0.25, -0.2) is 8.42 Å². The van der Waals surface area contributed by atoms with Crippen molar-refractivity contribution >= 4 is 15.7 Å². The Labute approximate surface area is 146 Å². The van der Waals surface area contributed by atoms with Gasteiger partial charge in [-0.15, -0.1) is 0 Å². The third kappa shape index (κ3) is 4.82. The first-order valence-corrected chi connectivity index (χ1v) is 10.4. The highest BCUT2D eigenvalue weighted by atomic mass is 32.2. The van der Waals surface area contributed by atoms with E-state index < -0.39 is 15.1 Å². The van der Waals surface area contributed by atoms with Crippen LogP contribution in [0.5, 0.6) is 0 Å². The van der Waals surface area contributed by atoms with E-state index in [1.165, 1.54) is 6.92 Å². The van der Waals surface area contributed by atoms with E-state index in [0.29, 0.717) is 0 Å². The summed E-state index contributed by atoms with van der Waals surface area (Å²) in [5.41, 5.74) is 1.92. The summed E-state index contributed by atoms with van der Waals surface area (Å²) < 4.78 is 25.1. The lowest BCUT2D eigenvalue weighted by Gasteiger charge is -2.20. The molecule has 1 aromatic carbocycles. The molecule has 1 aliphatic carbocycles. The van der Waals surface area contributed by atoms with Gasteiger partial charge in [0.1, 0.15) is 5.25 Å². The summed E-state index contributed by atoms with van der Waals surface area (Å²) in [5.74, 6) is -0.468. The Morgan fingerprint density at radius 1 is 1.17 bits per heavy atom. The van der Waals surface area contributed by atoms with E-state index in [4.69, 9.17) is 0 Å². The standard InChI is InChI=1S/C19H29NO3S/c1-14(18(21)20-17-7-5-6-8-17)24(22,23)13-15-9-11-16(12-10-15)19(2,3)4/h9-12,14,17H,5-8,13H2,1-4H3,(H,20,21)/t14-/m1/s1. The molecule has 134 valence electrons. The van der Waals surface area contributed by atoms with Crippen LogP contribution in [-0.4, -0.2) is 25.6 Å². The molecule has 24 heavy (non-hydrogen) atoms. The Bertz CT molecular complexity index is 666. The fourth-order valence-electron chi connectivity index (χ4n) is 3.01. The maximum Gasteiger partial charge on any atom is 0.238 e. The second kappa shape index (κ2) is 7.26. The van der Waals surface area contributed by atoms with Gasteiger partial charge in [0.2, 0.25) is 5.91 Å². The van der Waals surface area contributed by atoms with E-state index in [9.17, 15) is 13.2 Å². The minimum absolute atomic E-state index is 0.0336. The average Bonchev–Trinajstić information content (AvgIpc) is 2.98. The third-order valence-corrected chi connectivity index (χ3v) is 6.82. The van der Waals surface area contributed by atoms with Crippen molar-refractivity contribution in [2.24, 2.45) is 0 Å². The first-order valence-electron chi connectivity index (χ1n) is 8.71. The van der Waals surface area contributed by atoms with Gasteiger partial charge in [0.25, 0.3) is 0 Å². The number of rotatable bonds is 5. The largest absolute Gasteiger partial charge is 0.352 e. The number of carbonyl (C=O) groups excluding carboxylic acids is 1. The number of hydrogen-bond acceptors (Lipinski definition) is 3. The molecule has 0 bridgehead atoms. The number of amides is 1. The normalized spacial score (nSPS) is 17.7. The minimum atomic E-state index is -3.51. The number of hydrogen-bond donors (Lipinski definition) is 1. The second-order valence-electron chi connectivity index (χ2n) is 7.89. The van der Waals surface area contributed by atoms with Crippen LogP contribution in [0.4, 0.5) is 0 Å². The van der Waals surface area contributed by atoms with Crippen LogP contribution in [-0.2, 0) is 25.8 Å². The first kappa shape index (κ1) is 19.0. The molecule has 1 atom stereocenters. The molecule has 1 N–H and O–H groups in total. The number of nitrogens with one attached hydrogen (secondary N) is 1. The SMILES string of the molecule is C[C@H](C(=O)NC1CCCC1)S(=O)(=O)Cc1ccc(C(C)(C)C)cc1. The molecule has 4 nitrogen and oxygen atoms in total. The van der Waals surface area contributed by atoms with Crippen molar-refractivity contribution in [2.45, 2.75) is 75.8 Å². The summed E-state index contributed by atoms with van der Waals surface area (Å²) in [6.07, 6.45) is 4.11. The number of sulfone groups is 1. The lowest BCUT2D eigenvalue weighted by atomic mass is 9.87. The monoisotopic (exact) mass is 351 g/mol. The van der Waals surface area contributed by atoms with Crippen molar-refractivity contribution in [1.82, 2.24) is 5.32 Å². The Morgan fingerprint density at radius 2 is 1.71 bits per heavy atom. The van der Waals surface area contributed by atoms with Gasteiger partial charge in [0, 0.05) is 6.04 Å². The summed E-state index contributed by atoms with van der Waals surface area (Å²) in [6.45, 7) is 7.85. The van der Waals surface area contributed by atoms with Gasteiger partial charge in [-0.2, -0.15) is 0 Å². The predicted octanol–water partition coefficient (Wildman–Crippen LogP) is 3.35. The van der Waals surface area contributed by atoms with Gasteiger partial charge >= 0.3 is 0 Å². The molecule has 5 heteroatoms. The lowest BCUT2D eigenvalue weighted by molar-refractivity contribution is -0.121. The van der Waals surface area contributed by atoms with Gasteiger partial charge in [-0.05, 0) is 36.3 Å². The fourth-order valence-corrected chi connectivity index (χ4v) is 4.31. The Balaban J connectivity index is 2.02. The summed E-state index contributed by atoms with van der Waals surface area (Å²) in [6, 6.07) is 7.77. The summed E-state index contributed by atoms with van der Waals surface area (Å²) in [5, 5.41) is 1.87. The molecule has 2 rings (SSSR count). The predicted molar refractivity (Wildman–Crippen MR) is 97.6 cm³/mol. The summed E-state index contributed by atoms with van der Waals surface area (Å²) in [4.78, 5) is 12.2. The van der Waals surface area contributed by atoms with Gasteiger partial charge < -0.3 is 5.32 Å². The van der Waals surface area contributed by atoms with Crippen molar-refractivity contribution in [1.29, 1.82) is 0 Å². The van der Waals surface area contributed by atoms with Crippen LogP contribution in [0.25, 0.3) is 0 Å². The summed E-state index contributed by atoms with van der Waals surface area (Å²) in [7, 11) is -3.51. The fraction of sp³-hybridized carbons (Fsp3) is 0.632. The lowest BCUT2D eigenvalue weighted by Crippen LogP contribution is -2.42. The van der Waals surface area contributed by atoms with Crippen molar-refractivity contribution < 1.29 is 13.2 Å². The molecule has 0 radical (unpaired) electrons. The van der Waals surface area contributed by atoms with E-state index in [0.717, 1.165) is 36.8 Å². The summed E-state index contributed by atoms with van der Waals surface area (Å²) >= 11 is 0. The molecular weight excluding hydrogens is 322 g/mol. The average molecular weight is 352 g/mol. The second-order valence-corrected chi connectivity index (χ2v) is 10.2. The molecule has 1 fully saturated rings. The zero-order chi connectivity index (χ0) is 18.0. The van der Waals surface area contributed by atoms with E-state index in [1.807, 2.05) is 24.3 Å². The third-order valence-electron chi connectivity index (χ3n) is 4.80. The van der Waals surface area contributed by atoms with Crippen molar-refractivity contribution in [3.63, 3.8) is 0 Å². The van der Waals surface area contributed by atoms with Crippen LogP contribution >= 0.6 is 0 Å². The zero-order valence-corrected chi connectivity index (χ0v) is 15.9. The van der Waals surface area contributed by atoms with Crippen molar-refractivity contribution in [3.05, 3.63) is 35.4 Å². The van der Waals surface area contributed by atoms with Gasteiger partial charge in [-0.1, -0.05) is 57.9 Å². The maximum absolute atomic E-state index is 12.5. The van der Waals surface area contributed by atoms with E-state index in [-0.39, 0.29) is 23.1 Å². The van der Waals surface area contributed by atoms with Gasteiger partial charge in [0.05, 0.1) is 5.75 Å². The molecular formula is C19H29NO3S. The van der Waals surface area contributed by atoms with E-state index in [2.05, 4.69) is 26.1 Å². The molecule has 0 saturated heterocycles. The van der Waals surface area contributed by atoms with Gasteiger partial charge in [-0.3, -0.25) is 4.79 Å². The van der Waals surface area contributed by atoms with E-state index in [1.54, 1.807) is 0 Å². The Morgan fingerprint density at radius 3 is 2.21 bits per heavy atom. The van der Waals surface area contributed by atoms with Crippen molar-refractivity contribution in [2.75, 3.05) is 0 Å². The molecule has 1 saturated carbocycles. The van der Waals surface area contributed by atoms with E-state index >= 15 is 0 Å². The molecule has 0 spiro atoms. The molecule has 0 aliphatic heterocycles. The van der Waals surface area contributed by atoms with Crippen molar-refractivity contribution in [3.8, 4) is 0 Å². The maximum atomic E-state index is 12.5. The van der Waals surface area contributed by atoms with Crippen LogP contribution in [0.15, 0.2) is 24.3 Å². The molecule has 1 aliphatic rings. The Hall–Kier alpha value is -1.36. The minimum Gasteiger partial charge on any atom is -0.352 e. The molecule has 0 heterocycles. The topological polar surface area (TPSA) is 63.2 Å². The molecule has 0 aromatic heterocycles. The van der Waals surface area contributed by atoms with Gasteiger partial charge in [0.15, 0.2) is 9.84 Å². The van der Waals surface area contributed by atoms with Crippen LogP contribution in [0.3, 0.4) is 0 Å². The molecule has 1 aromatic rings. The smallest absolute Gasteiger partial charge is 0.238 e. The van der Waals surface area contributed by atoms with Crippen LogP contribution in [0.2, 0.25) is 0 Å². The highest BCUT2D eigenvalue weighted by Crippen LogP contribution is 2.23. The molecule has 1 amide bonds. The highest BCUT2D eigenvalue weighted by molar-refractivity contribution is 7.92. The van der Waals surface area contributed by atoms with Crippen LogP contribution in [0, 0.1) is 0 Å². The highest BCUT2D eigenvalue weighted by Gasteiger charge is 2.30. The molecule has 0 unspecified atom stereocenters.